The molecule has 0 atom stereocenters. The average molecular weight is 138 g/mol. The molecule has 0 N–H and O–H groups in total. The molecule has 0 aromatic carbocycles. The number of carbonyl (C=O) groups excluding carboxylic acids is 1. The Morgan fingerprint density at radius 3 is 2.38 bits per heavy atom. The maximum atomic E-state index is 9.63. The Morgan fingerprint density at radius 2 is 2.00 bits per heavy atom. The van der Waals surface area contributed by atoms with E-state index in [9.17, 15) is 4.79 Å². The molecule has 1 nitrogen and oxygen atoms in total. The van der Waals surface area contributed by atoms with E-state index in [1.807, 2.05) is 19.1 Å². The summed E-state index contributed by atoms with van der Waals surface area (Å²) in [5.41, 5.74) is 0. The minimum atomic E-state index is 0. The summed E-state index contributed by atoms with van der Waals surface area (Å²) in [6.45, 7) is 2.04. The predicted octanol–water partition coefficient (Wildman–Crippen LogP) is 0.893. The third kappa shape index (κ3) is 10.1. The van der Waals surface area contributed by atoms with Gasteiger partial charge >= 0.3 is 51.4 Å². The minimum absolute atomic E-state index is 0. The Labute approximate surface area is 93.0 Å². The van der Waals surface area contributed by atoms with Crippen molar-refractivity contribution in [3.63, 3.8) is 0 Å². The van der Waals surface area contributed by atoms with E-state index >= 15 is 0 Å². The van der Waals surface area contributed by atoms with Gasteiger partial charge in [0.1, 0.15) is 6.29 Å². The third-order valence-electron chi connectivity index (χ3n) is 0.635. The fourth-order valence-corrected chi connectivity index (χ4v) is 0.318. The van der Waals surface area contributed by atoms with Crippen LogP contribution in [0.25, 0.3) is 0 Å². The first kappa shape index (κ1) is 11.8. The molecule has 0 aliphatic rings. The van der Waals surface area contributed by atoms with E-state index in [0.717, 1.165) is 12.7 Å². The van der Waals surface area contributed by atoms with Crippen LogP contribution >= 0.6 is 0 Å². The van der Waals surface area contributed by atoms with Gasteiger partial charge in [-0.25, -0.2) is 0 Å². The Hall–Kier alpha value is 1.05. The van der Waals surface area contributed by atoms with Crippen LogP contribution in [0.3, 0.4) is 0 Å². The van der Waals surface area contributed by atoms with Gasteiger partial charge in [0.25, 0.3) is 0 Å². The number of aldehydes is 1. The van der Waals surface area contributed by atoms with E-state index in [4.69, 9.17) is 0 Å². The van der Waals surface area contributed by atoms with Crippen LogP contribution in [0.15, 0.2) is 12.2 Å². The second-order valence-electron chi connectivity index (χ2n) is 1.28. The van der Waals surface area contributed by atoms with Crippen molar-refractivity contribution in [2.75, 3.05) is 0 Å². The molecule has 0 saturated heterocycles. The van der Waals surface area contributed by atoms with Gasteiger partial charge in [-0.1, -0.05) is 19.1 Å². The fourth-order valence-electron chi connectivity index (χ4n) is 0.318. The van der Waals surface area contributed by atoms with Crippen LogP contribution in [0, 0.1) is 0 Å². The van der Waals surface area contributed by atoms with Gasteiger partial charge in [-0.05, 0) is 6.42 Å². The van der Waals surface area contributed by atoms with E-state index < -0.39 is 0 Å². The molecule has 0 aromatic heterocycles. The van der Waals surface area contributed by atoms with Crippen molar-refractivity contribution in [3.05, 3.63) is 12.2 Å². The monoisotopic (exact) mass is 138 g/mol. The molecule has 0 heterocycles. The van der Waals surface area contributed by atoms with E-state index in [2.05, 4.69) is 0 Å². The van der Waals surface area contributed by atoms with Crippen LogP contribution in [-0.4, -0.2) is 57.7 Å². The van der Waals surface area contributed by atoms with Gasteiger partial charge in [0, 0.05) is 6.42 Å². The second kappa shape index (κ2) is 10.9. The Morgan fingerprint density at radius 1 is 1.38 bits per heavy atom. The maximum absolute atomic E-state index is 9.63. The van der Waals surface area contributed by atoms with Crippen LogP contribution in [0.1, 0.15) is 19.8 Å². The molecule has 0 aliphatic carbocycles. The van der Waals surface area contributed by atoms with Gasteiger partial charge in [-0.15, -0.1) is 0 Å². The van der Waals surface area contributed by atoms with Crippen molar-refractivity contribution < 1.29 is 4.79 Å². The molecule has 0 aromatic rings. The second-order valence-corrected chi connectivity index (χ2v) is 1.28. The Balaban J connectivity index is 0. The number of rotatable bonds is 3. The molecule has 0 unspecified atom stereocenters. The quantitative estimate of drug-likeness (QED) is 0.321. The summed E-state index contributed by atoms with van der Waals surface area (Å²) in [5, 5.41) is 0. The number of carbonyl (C=O) groups is 1. The molecule has 0 amide bonds. The van der Waals surface area contributed by atoms with Crippen LogP contribution in [-0.2, 0) is 4.79 Å². The zero-order valence-electron chi connectivity index (χ0n) is 4.55. The molecule has 8 heavy (non-hydrogen) atoms. The van der Waals surface area contributed by atoms with Gasteiger partial charge < -0.3 is 4.79 Å². The molecule has 0 spiro atoms. The topological polar surface area (TPSA) is 17.1 Å². The van der Waals surface area contributed by atoms with Gasteiger partial charge in [-0.2, -0.15) is 0 Å². The number of allylic oxidation sites excluding steroid dienone is 2. The standard InChI is InChI=1S/C6H10O.K.H/c1-2-3-4-5-6-7;;/h3-4,6H,2,5H2,1H3;;. The number of hydrogen-bond donors (Lipinski definition) is 0. The molecule has 2 heteroatoms. The normalized spacial score (nSPS) is 8.62. The summed E-state index contributed by atoms with van der Waals surface area (Å²) in [7, 11) is 0. The van der Waals surface area contributed by atoms with E-state index in [1.165, 1.54) is 0 Å². The van der Waals surface area contributed by atoms with Crippen molar-refractivity contribution >= 4 is 57.7 Å². The van der Waals surface area contributed by atoms with Crippen LogP contribution < -0.4 is 0 Å². The first-order valence-electron chi connectivity index (χ1n) is 2.50. The van der Waals surface area contributed by atoms with Gasteiger partial charge in [0.05, 0.1) is 0 Å². The summed E-state index contributed by atoms with van der Waals surface area (Å²) in [5.74, 6) is 0. The van der Waals surface area contributed by atoms with E-state index in [1.54, 1.807) is 0 Å². The van der Waals surface area contributed by atoms with Gasteiger partial charge in [0.2, 0.25) is 0 Å². The predicted molar refractivity (Wildman–Crippen MR) is 37.3 cm³/mol. The van der Waals surface area contributed by atoms with Crippen molar-refractivity contribution in [3.8, 4) is 0 Å². The molecule has 0 radical (unpaired) electrons. The summed E-state index contributed by atoms with van der Waals surface area (Å²) < 4.78 is 0. The number of hydrogen-bond acceptors (Lipinski definition) is 1. The molecule has 0 rings (SSSR count). The van der Waals surface area contributed by atoms with Gasteiger partial charge in [-0.3, -0.25) is 0 Å². The molecular weight excluding hydrogens is 127 g/mol. The zero-order valence-corrected chi connectivity index (χ0v) is 4.55. The molecular formula is C6H11KO. The molecule has 0 aliphatic heterocycles. The van der Waals surface area contributed by atoms with Crippen LogP contribution in [0.2, 0.25) is 0 Å². The molecule has 0 bridgehead atoms. The van der Waals surface area contributed by atoms with Crippen LogP contribution in [0.5, 0.6) is 0 Å². The van der Waals surface area contributed by atoms with E-state index in [0.29, 0.717) is 6.42 Å². The fraction of sp³-hybridized carbons (Fsp3) is 0.500. The molecule has 0 fully saturated rings. The Kier molecular flexibility index (Phi) is 16.1. The van der Waals surface area contributed by atoms with Gasteiger partial charge in [0.15, 0.2) is 0 Å². The van der Waals surface area contributed by atoms with Crippen molar-refractivity contribution in [1.29, 1.82) is 0 Å². The summed E-state index contributed by atoms with van der Waals surface area (Å²) in [6, 6.07) is 0. The third-order valence-corrected chi connectivity index (χ3v) is 0.635. The van der Waals surface area contributed by atoms with Crippen molar-refractivity contribution in [2.45, 2.75) is 19.8 Å². The first-order chi connectivity index (χ1) is 3.41. The SMILES string of the molecule is CCC=CCC=O.[KH]. The Bertz CT molecular complexity index is 68.9. The summed E-state index contributed by atoms with van der Waals surface area (Å²) in [6.07, 6.45) is 6.33. The first-order valence-corrected chi connectivity index (χ1v) is 2.50. The van der Waals surface area contributed by atoms with Crippen LogP contribution in [0.4, 0.5) is 0 Å². The zero-order chi connectivity index (χ0) is 5.54. The molecule has 0 saturated carbocycles. The average Bonchev–Trinajstić information content (AvgIpc) is 1.69. The molecule has 42 valence electrons. The van der Waals surface area contributed by atoms with Crippen molar-refractivity contribution in [1.82, 2.24) is 0 Å². The summed E-state index contributed by atoms with van der Waals surface area (Å²) in [4.78, 5) is 9.63. The van der Waals surface area contributed by atoms with Crippen molar-refractivity contribution in [2.24, 2.45) is 0 Å². The van der Waals surface area contributed by atoms with E-state index in [-0.39, 0.29) is 51.4 Å². The summed E-state index contributed by atoms with van der Waals surface area (Å²) >= 11 is 0.